The van der Waals surface area contributed by atoms with E-state index in [1.165, 1.54) is 28.1 Å². The summed E-state index contributed by atoms with van der Waals surface area (Å²) in [5.41, 5.74) is 7.70. The summed E-state index contributed by atoms with van der Waals surface area (Å²) >= 11 is 1.63. The second kappa shape index (κ2) is 19.0. The molecule has 2 aromatic rings. The van der Waals surface area contributed by atoms with Crippen molar-refractivity contribution < 1.29 is 0 Å². The van der Waals surface area contributed by atoms with Crippen LogP contribution in [0.25, 0.3) is 22.7 Å². The van der Waals surface area contributed by atoms with Crippen molar-refractivity contribution in [3.05, 3.63) is 182 Å². The average Bonchev–Trinajstić information content (AvgIpc) is 3.39. The number of hydrogen-bond donors (Lipinski definition) is 0. The number of hydrogen-bond acceptors (Lipinski definition) is 4. The molecule has 6 rings (SSSR count). The monoisotopic (exact) mass is 774 g/mol. The molecular weight excluding hydrogens is 713 g/mol. The van der Waals surface area contributed by atoms with Crippen molar-refractivity contribution >= 4 is 39.8 Å². The van der Waals surface area contributed by atoms with E-state index in [0.29, 0.717) is 11.6 Å². The molecule has 1 aromatic heterocycles. The van der Waals surface area contributed by atoms with Crippen molar-refractivity contribution in [2.75, 3.05) is 24.5 Å². The van der Waals surface area contributed by atoms with E-state index in [0.717, 1.165) is 72.0 Å². The predicted octanol–water partition coefficient (Wildman–Crippen LogP) is 12.1. The zero-order valence-electron chi connectivity index (χ0n) is 35.1. The standard InChI is InChI=1S/C53H62N2OS/c1-8-11-17-25-42-33-36-54(35-23-15-14-22-34-52(42,5)6)44(9-2)29-31-46-40(4)57-50-38-45(30-32-47(50)51(46)56)55-39-41-24-18-12-13-19-26-43(37-41)53(7,10-3)48-27-20-16-21-28-49(48)55/h8-9,11,14-26,28,30-33,37-38,41H,4,10,12-13,27,29,34-36,39H2,1-3,5-7H3/b11-8-,22-14-,23-15-,24-18-,25-17-,26-19-,42-33?,43-37?,44-9+,46-31+. The first-order valence-corrected chi connectivity index (χ1v) is 21.8. The minimum absolute atomic E-state index is 0.00201. The first kappa shape index (κ1) is 41.7. The van der Waals surface area contributed by atoms with E-state index in [1.807, 2.05) is 6.92 Å². The summed E-state index contributed by atoms with van der Waals surface area (Å²) < 4.78 is 1.79. The first-order valence-electron chi connectivity index (χ1n) is 21.0. The quantitative estimate of drug-likeness (QED) is 0.207. The minimum Gasteiger partial charge on any atom is -0.367 e. The van der Waals surface area contributed by atoms with Gasteiger partial charge in [-0.2, -0.15) is 0 Å². The lowest BCUT2D eigenvalue weighted by Gasteiger charge is -2.41. The van der Waals surface area contributed by atoms with Gasteiger partial charge in [0.15, 0.2) is 5.43 Å². The van der Waals surface area contributed by atoms with Gasteiger partial charge in [0.25, 0.3) is 0 Å². The minimum atomic E-state index is -0.102. The topological polar surface area (TPSA) is 23.6 Å². The van der Waals surface area contributed by atoms with Crippen LogP contribution in [-0.4, -0.2) is 24.5 Å². The van der Waals surface area contributed by atoms with Crippen LogP contribution < -0.4 is 20.1 Å². The fraction of sp³-hybridized carbons (Fsp3) is 0.340. The van der Waals surface area contributed by atoms with Crippen LogP contribution in [0.3, 0.4) is 0 Å². The van der Waals surface area contributed by atoms with E-state index in [9.17, 15) is 4.79 Å². The molecule has 57 heavy (non-hydrogen) atoms. The van der Waals surface area contributed by atoms with Crippen LogP contribution in [0.5, 0.6) is 0 Å². The van der Waals surface area contributed by atoms with Crippen LogP contribution in [0.4, 0.5) is 5.69 Å². The Morgan fingerprint density at radius 3 is 2.58 bits per heavy atom. The summed E-state index contributed by atoms with van der Waals surface area (Å²) in [6.45, 7) is 20.4. The van der Waals surface area contributed by atoms with Crippen LogP contribution >= 0.6 is 11.3 Å². The van der Waals surface area contributed by atoms with E-state index >= 15 is 0 Å². The molecule has 0 saturated carbocycles. The van der Waals surface area contributed by atoms with Crippen molar-refractivity contribution in [1.29, 1.82) is 0 Å². The Morgan fingerprint density at radius 2 is 1.77 bits per heavy atom. The highest BCUT2D eigenvalue weighted by atomic mass is 32.1. The number of nitrogens with zero attached hydrogens (tertiary/aromatic N) is 2. The Kier molecular flexibility index (Phi) is 13.9. The fourth-order valence-electron chi connectivity index (χ4n) is 8.46. The molecule has 3 heterocycles. The summed E-state index contributed by atoms with van der Waals surface area (Å²) in [5.74, 6) is 0.255. The lowest BCUT2D eigenvalue weighted by molar-refractivity contribution is 0.406. The maximum Gasteiger partial charge on any atom is 0.195 e. The number of allylic oxidation sites excluding steroid dienone is 19. The van der Waals surface area contributed by atoms with Gasteiger partial charge in [0.05, 0.1) is 0 Å². The first-order chi connectivity index (χ1) is 27.6. The second-order valence-corrected chi connectivity index (χ2v) is 17.5. The SMILES string of the molecule is C=c1sc2cc(N3CC4C=C(/C=C\CC/C=C\4)C(C)(CC)C4=C3C=CC=CC4)ccc2c(=O)/c1=C/C/C(=C\C)N1CC=C(/C=C\C=C/C)C(C)(C)C/C=C\C=C/C1. The van der Waals surface area contributed by atoms with Gasteiger partial charge >= 0.3 is 0 Å². The zero-order chi connectivity index (χ0) is 40.4. The molecule has 0 amide bonds. The van der Waals surface area contributed by atoms with Gasteiger partial charge in [-0.1, -0.05) is 150 Å². The summed E-state index contributed by atoms with van der Waals surface area (Å²) in [6.07, 6.45) is 50.6. The summed E-state index contributed by atoms with van der Waals surface area (Å²) in [6, 6.07) is 6.45. The Balaban J connectivity index is 1.36. The van der Waals surface area contributed by atoms with Gasteiger partial charge in [-0.3, -0.25) is 4.79 Å². The molecule has 1 aromatic carbocycles. The molecule has 4 aliphatic rings. The summed E-state index contributed by atoms with van der Waals surface area (Å²) in [5, 5.41) is 1.46. The highest BCUT2D eigenvalue weighted by Gasteiger charge is 2.36. The highest BCUT2D eigenvalue weighted by molar-refractivity contribution is 7.16. The number of anilines is 1. The van der Waals surface area contributed by atoms with Gasteiger partial charge in [0.1, 0.15) is 0 Å². The molecule has 4 heteroatoms. The van der Waals surface area contributed by atoms with Crippen molar-refractivity contribution in [1.82, 2.24) is 4.90 Å². The van der Waals surface area contributed by atoms with Gasteiger partial charge in [0, 0.05) is 74.3 Å². The van der Waals surface area contributed by atoms with Crippen LogP contribution in [0.15, 0.2) is 167 Å². The third kappa shape index (κ3) is 9.62. The normalized spacial score (nSPS) is 25.8. The van der Waals surface area contributed by atoms with Crippen molar-refractivity contribution in [2.45, 2.75) is 80.1 Å². The van der Waals surface area contributed by atoms with Gasteiger partial charge in [-0.05, 0) is 92.4 Å². The molecule has 3 nitrogen and oxygen atoms in total. The van der Waals surface area contributed by atoms with Gasteiger partial charge in [-0.25, -0.2) is 0 Å². The molecule has 296 valence electrons. The summed E-state index contributed by atoms with van der Waals surface area (Å²) in [7, 11) is 0. The Hall–Kier alpha value is -4.93. The van der Waals surface area contributed by atoms with E-state index in [-0.39, 0.29) is 22.2 Å². The summed E-state index contributed by atoms with van der Waals surface area (Å²) in [4.78, 5) is 19.2. The maximum atomic E-state index is 14.3. The van der Waals surface area contributed by atoms with Crippen LogP contribution in [0, 0.1) is 16.7 Å². The largest absolute Gasteiger partial charge is 0.367 e. The Morgan fingerprint density at radius 1 is 0.965 bits per heavy atom. The average molecular weight is 775 g/mol. The molecule has 0 radical (unpaired) electrons. The number of benzene rings is 1. The van der Waals surface area contributed by atoms with E-state index in [2.05, 4.69) is 191 Å². The van der Waals surface area contributed by atoms with E-state index in [1.54, 1.807) is 11.3 Å². The third-order valence-electron chi connectivity index (χ3n) is 12.2. The third-order valence-corrected chi connectivity index (χ3v) is 13.2. The molecule has 2 atom stereocenters. The molecule has 2 aliphatic carbocycles. The maximum absolute atomic E-state index is 14.3. The molecule has 2 bridgehead atoms. The highest BCUT2D eigenvalue weighted by Crippen LogP contribution is 2.47. The zero-order valence-corrected chi connectivity index (χ0v) is 36.0. The predicted molar refractivity (Wildman–Crippen MR) is 251 cm³/mol. The number of rotatable bonds is 7. The van der Waals surface area contributed by atoms with Gasteiger partial charge in [-0.15, -0.1) is 11.3 Å². The van der Waals surface area contributed by atoms with Crippen molar-refractivity contribution in [3.8, 4) is 0 Å². The van der Waals surface area contributed by atoms with Crippen LogP contribution in [-0.2, 0) is 0 Å². The smallest absolute Gasteiger partial charge is 0.195 e. The number of fused-ring (bicyclic) bond motifs is 2. The molecule has 2 aliphatic heterocycles. The van der Waals surface area contributed by atoms with Gasteiger partial charge in [0.2, 0.25) is 0 Å². The van der Waals surface area contributed by atoms with E-state index in [4.69, 9.17) is 0 Å². The second-order valence-electron chi connectivity index (χ2n) is 16.4. The molecular formula is C53H62N2OS. The van der Waals surface area contributed by atoms with Crippen molar-refractivity contribution in [2.24, 2.45) is 16.7 Å². The lowest BCUT2D eigenvalue weighted by Crippen LogP contribution is -2.37. The fourth-order valence-corrected chi connectivity index (χ4v) is 9.46. The molecule has 0 fully saturated rings. The van der Waals surface area contributed by atoms with Crippen LogP contribution in [0.2, 0.25) is 0 Å². The molecule has 0 N–H and O–H groups in total. The van der Waals surface area contributed by atoms with Crippen LogP contribution in [0.1, 0.15) is 80.1 Å². The van der Waals surface area contributed by atoms with Gasteiger partial charge < -0.3 is 9.80 Å². The molecule has 0 saturated heterocycles. The Labute approximate surface area is 346 Å². The van der Waals surface area contributed by atoms with Crippen molar-refractivity contribution in [3.63, 3.8) is 0 Å². The van der Waals surface area contributed by atoms with E-state index < -0.39 is 0 Å². The molecule has 0 spiro atoms. The molecule has 2 unspecified atom stereocenters. The Bertz CT molecular complexity index is 2360. The lowest BCUT2D eigenvalue weighted by atomic mass is 9.69.